The smallest absolute Gasteiger partial charge is 0.372 e. The van der Waals surface area contributed by atoms with Crippen LogP contribution in [0.15, 0.2) is 0 Å². The summed E-state index contributed by atoms with van der Waals surface area (Å²) in [6.45, 7) is 3.73. The number of carboxylic acids is 1. The van der Waals surface area contributed by atoms with Crippen molar-refractivity contribution in [2.24, 2.45) is 11.3 Å². The fourth-order valence-corrected chi connectivity index (χ4v) is 2.62. The molecule has 0 saturated heterocycles. The van der Waals surface area contributed by atoms with E-state index in [0.29, 0.717) is 6.42 Å². The van der Waals surface area contributed by atoms with Gasteiger partial charge in [-0.15, -0.1) is 0 Å². The first-order valence-electron chi connectivity index (χ1n) is 5.80. The first kappa shape index (κ1) is 12.2. The van der Waals surface area contributed by atoms with Gasteiger partial charge in [0.15, 0.2) is 0 Å². The quantitative estimate of drug-likeness (QED) is 0.729. The molecule has 0 amide bonds. The van der Waals surface area contributed by atoms with Gasteiger partial charge in [0, 0.05) is 5.41 Å². The van der Waals surface area contributed by atoms with Gasteiger partial charge in [-0.05, 0) is 25.2 Å². The molecule has 1 aliphatic rings. The van der Waals surface area contributed by atoms with Crippen molar-refractivity contribution in [3.63, 3.8) is 0 Å². The van der Waals surface area contributed by atoms with Crippen molar-refractivity contribution in [3.8, 4) is 0 Å². The maximum atomic E-state index is 11.7. The van der Waals surface area contributed by atoms with Crippen molar-refractivity contribution < 1.29 is 14.7 Å². The molecule has 1 rings (SSSR count). The summed E-state index contributed by atoms with van der Waals surface area (Å²) in [6.07, 6.45) is 6.12. The van der Waals surface area contributed by atoms with E-state index in [9.17, 15) is 9.59 Å². The summed E-state index contributed by atoms with van der Waals surface area (Å²) in [7, 11) is 0. The molecule has 1 N–H and O–H groups in total. The average molecular weight is 212 g/mol. The third-order valence-electron chi connectivity index (χ3n) is 3.95. The van der Waals surface area contributed by atoms with Crippen LogP contribution < -0.4 is 0 Å². The van der Waals surface area contributed by atoms with Crippen molar-refractivity contribution in [2.75, 3.05) is 0 Å². The second-order valence-electron chi connectivity index (χ2n) is 4.74. The minimum Gasteiger partial charge on any atom is -0.475 e. The van der Waals surface area contributed by atoms with E-state index in [1.54, 1.807) is 0 Å². The van der Waals surface area contributed by atoms with Crippen molar-refractivity contribution in [1.82, 2.24) is 0 Å². The summed E-state index contributed by atoms with van der Waals surface area (Å²) in [4.78, 5) is 22.5. The van der Waals surface area contributed by atoms with Crippen LogP contribution in [0.2, 0.25) is 0 Å². The van der Waals surface area contributed by atoms with Gasteiger partial charge >= 0.3 is 5.97 Å². The number of carbonyl (C=O) groups excluding carboxylic acids is 1. The van der Waals surface area contributed by atoms with Crippen molar-refractivity contribution in [2.45, 2.75) is 52.4 Å². The predicted octanol–water partition coefficient (Wildman–Crippen LogP) is 2.64. The molecule has 0 aromatic carbocycles. The van der Waals surface area contributed by atoms with Crippen molar-refractivity contribution >= 4 is 11.8 Å². The van der Waals surface area contributed by atoms with Gasteiger partial charge in [0.25, 0.3) is 0 Å². The number of carbonyl (C=O) groups is 2. The second kappa shape index (κ2) is 4.77. The zero-order chi connectivity index (χ0) is 11.5. The Balaban J connectivity index is 2.82. The third kappa shape index (κ3) is 2.39. The predicted molar refractivity (Wildman–Crippen MR) is 57.6 cm³/mol. The Morgan fingerprint density at radius 3 is 2.20 bits per heavy atom. The molecular formula is C12H20O3. The molecule has 0 aliphatic heterocycles. The molecule has 0 spiro atoms. The maximum absolute atomic E-state index is 11.7. The van der Waals surface area contributed by atoms with Crippen molar-refractivity contribution in [1.29, 1.82) is 0 Å². The summed E-state index contributed by atoms with van der Waals surface area (Å²) < 4.78 is 0. The zero-order valence-corrected chi connectivity index (χ0v) is 9.58. The van der Waals surface area contributed by atoms with E-state index in [1.165, 1.54) is 6.42 Å². The van der Waals surface area contributed by atoms with E-state index in [1.807, 2.05) is 13.8 Å². The maximum Gasteiger partial charge on any atom is 0.372 e. The molecule has 3 heteroatoms. The fraction of sp³-hybridized carbons (Fsp3) is 0.833. The number of aliphatic carboxylic acids is 1. The highest BCUT2D eigenvalue weighted by Gasteiger charge is 2.42. The van der Waals surface area contributed by atoms with Gasteiger partial charge in [0.05, 0.1) is 0 Å². The van der Waals surface area contributed by atoms with Gasteiger partial charge in [0.1, 0.15) is 0 Å². The number of Topliss-reactive ketones (excluding diaryl/α,β-unsaturated/α-hetero) is 1. The second-order valence-corrected chi connectivity index (χ2v) is 4.74. The average Bonchev–Trinajstić information content (AvgIpc) is 2.28. The van der Waals surface area contributed by atoms with Gasteiger partial charge in [0.2, 0.25) is 5.78 Å². The van der Waals surface area contributed by atoms with Gasteiger partial charge in [-0.3, -0.25) is 4.79 Å². The summed E-state index contributed by atoms with van der Waals surface area (Å²) in [5.41, 5.74) is -0.647. The van der Waals surface area contributed by atoms with Crippen molar-refractivity contribution in [3.05, 3.63) is 0 Å². The lowest BCUT2D eigenvalue weighted by Crippen LogP contribution is -2.40. The lowest BCUT2D eigenvalue weighted by molar-refractivity contribution is -0.156. The summed E-state index contributed by atoms with van der Waals surface area (Å²) in [5, 5.41) is 8.83. The highest BCUT2D eigenvalue weighted by Crippen LogP contribution is 2.41. The van der Waals surface area contributed by atoms with Gasteiger partial charge in [-0.2, -0.15) is 0 Å². The summed E-state index contributed by atoms with van der Waals surface area (Å²) in [5.74, 6) is -1.61. The molecule has 1 aliphatic carbocycles. The standard InChI is InChI=1S/C12H20O3/c1-3-12(2,10(13)11(14)15)9-7-5-4-6-8-9/h9H,3-8H2,1-2H3,(H,14,15). The van der Waals surface area contributed by atoms with Crippen LogP contribution in [0.4, 0.5) is 0 Å². The number of carboxylic acid groups (broad SMARTS) is 1. The lowest BCUT2D eigenvalue weighted by Gasteiger charge is -2.36. The lowest BCUT2D eigenvalue weighted by atomic mass is 9.66. The molecule has 0 bridgehead atoms. The van der Waals surface area contributed by atoms with Gasteiger partial charge in [-0.25, -0.2) is 4.79 Å². The number of ketones is 1. The number of rotatable bonds is 4. The summed E-state index contributed by atoms with van der Waals surface area (Å²) in [6, 6.07) is 0. The fourth-order valence-electron chi connectivity index (χ4n) is 2.62. The van der Waals surface area contributed by atoms with E-state index >= 15 is 0 Å². The van der Waals surface area contributed by atoms with Crippen LogP contribution >= 0.6 is 0 Å². The minimum absolute atomic E-state index is 0.264. The largest absolute Gasteiger partial charge is 0.475 e. The molecule has 1 unspecified atom stereocenters. The first-order chi connectivity index (χ1) is 7.02. The molecule has 1 atom stereocenters. The normalized spacial score (nSPS) is 22.0. The van der Waals surface area contributed by atoms with Crippen LogP contribution in [0.25, 0.3) is 0 Å². The zero-order valence-electron chi connectivity index (χ0n) is 9.58. The molecule has 1 fully saturated rings. The Morgan fingerprint density at radius 1 is 1.27 bits per heavy atom. The Hall–Kier alpha value is -0.860. The third-order valence-corrected chi connectivity index (χ3v) is 3.95. The monoisotopic (exact) mass is 212 g/mol. The SMILES string of the molecule is CCC(C)(C(=O)C(=O)O)C1CCCCC1. The molecule has 0 heterocycles. The highest BCUT2D eigenvalue weighted by atomic mass is 16.4. The molecule has 0 aromatic rings. The van der Waals surface area contributed by atoms with Crippen LogP contribution in [-0.2, 0) is 9.59 Å². The van der Waals surface area contributed by atoms with Crippen LogP contribution in [0.1, 0.15) is 52.4 Å². The molecule has 0 radical (unpaired) electrons. The molecular weight excluding hydrogens is 192 g/mol. The van der Waals surface area contributed by atoms with Gasteiger partial charge < -0.3 is 5.11 Å². The van der Waals surface area contributed by atoms with E-state index < -0.39 is 17.2 Å². The summed E-state index contributed by atoms with van der Waals surface area (Å²) >= 11 is 0. The number of hydrogen-bond acceptors (Lipinski definition) is 2. The van der Waals surface area contributed by atoms with Crippen LogP contribution in [0.3, 0.4) is 0 Å². The number of hydrogen-bond donors (Lipinski definition) is 1. The topological polar surface area (TPSA) is 54.4 Å². The van der Waals surface area contributed by atoms with E-state index in [4.69, 9.17) is 5.11 Å². The van der Waals surface area contributed by atoms with Gasteiger partial charge in [-0.1, -0.05) is 33.1 Å². The Morgan fingerprint density at radius 2 is 1.80 bits per heavy atom. The first-order valence-corrected chi connectivity index (χ1v) is 5.80. The Labute approximate surface area is 90.9 Å². The molecule has 15 heavy (non-hydrogen) atoms. The molecule has 3 nitrogen and oxygen atoms in total. The van der Waals surface area contributed by atoms with E-state index in [2.05, 4.69) is 0 Å². The molecule has 0 aromatic heterocycles. The molecule has 1 saturated carbocycles. The van der Waals surface area contributed by atoms with E-state index in [-0.39, 0.29) is 5.92 Å². The Bertz CT molecular complexity index is 254. The van der Waals surface area contributed by atoms with Crippen LogP contribution in [0, 0.1) is 11.3 Å². The Kier molecular flexibility index (Phi) is 3.89. The highest BCUT2D eigenvalue weighted by molar-refractivity contribution is 6.34. The van der Waals surface area contributed by atoms with Crippen LogP contribution in [0.5, 0.6) is 0 Å². The van der Waals surface area contributed by atoms with Crippen LogP contribution in [-0.4, -0.2) is 16.9 Å². The van der Waals surface area contributed by atoms with E-state index in [0.717, 1.165) is 25.7 Å². The minimum atomic E-state index is -1.27. The molecule has 86 valence electrons.